The third kappa shape index (κ3) is 6.29. The molecule has 1 fully saturated rings. The van der Waals surface area contributed by atoms with Crippen molar-refractivity contribution in [2.45, 2.75) is 58.2 Å². The van der Waals surface area contributed by atoms with Gasteiger partial charge in [-0.25, -0.2) is 15.0 Å². The number of nitrogens with one attached hydrogen (secondary N) is 1. The average Bonchev–Trinajstić information content (AvgIpc) is 3.40. The molecule has 9 nitrogen and oxygen atoms in total. The number of aryl methyl sites for hydroxylation is 1. The van der Waals surface area contributed by atoms with Gasteiger partial charge in [0, 0.05) is 55.8 Å². The van der Waals surface area contributed by atoms with Crippen molar-refractivity contribution in [1.29, 1.82) is 0 Å². The fourth-order valence-corrected chi connectivity index (χ4v) is 4.50. The quantitative estimate of drug-likeness (QED) is 0.477. The van der Waals surface area contributed by atoms with Crippen LogP contribution in [0.15, 0.2) is 43.1 Å². The van der Waals surface area contributed by atoms with Gasteiger partial charge in [-0.2, -0.15) is 0 Å². The monoisotopic (exact) mass is 478 g/mol. The highest BCUT2D eigenvalue weighted by atomic mass is 16.5. The molecule has 0 bridgehead atoms. The lowest BCUT2D eigenvalue weighted by atomic mass is 9.98. The van der Waals surface area contributed by atoms with Gasteiger partial charge in [-0.15, -0.1) is 0 Å². The lowest BCUT2D eigenvalue weighted by Crippen LogP contribution is -2.43. The van der Waals surface area contributed by atoms with Crippen molar-refractivity contribution >= 4 is 11.7 Å². The second-order valence-electron chi connectivity index (χ2n) is 8.77. The highest BCUT2D eigenvalue weighted by Gasteiger charge is 2.27. The number of carbonyl (C=O) groups excluding carboxylic acids is 1. The Morgan fingerprint density at radius 1 is 1.17 bits per heavy atom. The molecular weight excluding hydrogens is 444 g/mol. The molecule has 0 aliphatic carbocycles. The predicted octanol–water partition coefficient (Wildman–Crippen LogP) is 3.37. The van der Waals surface area contributed by atoms with Crippen LogP contribution in [-0.4, -0.2) is 52.2 Å². The number of ether oxygens (including phenoxy) is 2. The van der Waals surface area contributed by atoms with Crippen molar-refractivity contribution in [2.24, 2.45) is 0 Å². The molecule has 1 aliphatic rings. The topological polar surface area (TPSA) is 94.4 Å². The second kappa shape index (κ2) is 11.7. The van der Waals surface area contributed by atoms with Crippen LogP contribution in [-0.2, 0) is 24.3 Å². The summed E-state index contributed by atoms with van der Waals surface area (Å²) in [7, 11) is 3.24. The molecule has 0 radical (unpaired) electrons. The molecule has 0 spiro atoms. The highest BCUT2D eigenvalue weighted by molar-refractivity contribution is 5.77. The maximum absolute atomic E-state index is 13.0. The Morgan fingerprint density at radius 2 is 1.97 bits per heavy atom. The Bertz CT molecular complexity index is 1100. The summed E-state index contributed by atoms with van der Waals surface area (Å²) in [5.41, 5.74) is 2.04. The van der Waals surface area contributed by atoms with Crippen molar-refractivity contribution < 1.29 is 14.3 Å². The van der Waals surface area contributed by atoms with Gasteiger partial charge < -0.3 is 24.3 Å². The van der Waals surface area contributed by atoms with E-state index in [1.54, 1.807) is 26.7 Å². The first-order valence-corrected chi connectivity index (χ1v) is 12.2. The summed E-state index contributed by atoms with van der Waals surface area (Å²) in [5.74, 6) is 3.13. The lowest BCUT2D eigenvalue weighted by Gasteiger charge is -2.37. The Kier molecular flexibility index (Phi) is 8.18. The molecule has 35 heavy (non-hydrogen) atoms. The van der Waals surface area contributed by atoms with E-state index in [1.165, 1.54) is 0 Å². The van der Waals surface area contributed by atoms with E-state index >= 15 is 0 Å². The van der Waals surface area contributed by atoms with Crippen molar-refractivity contribution in [2.75, 3.05) is 25.7 Å². The summed E-state index contributed by atoms with van der Waals surface area (Å²) < 4.78 is 12.6. The number of methoxy groups -OCH3 is 2. The normalized spacial score (nSPS) is 15.6. The fraction of sp³-hybridized carbons (Fsp3) is 0.462. The average molecular weight is 479 g/mol. The summed E-state index contributed by atoms with van der Waals surface area (Å²) >= 11 is 0. The Labute approximate surface area is 206 Å². The number of amides is 1. The molecule has 4 rings (SSSR count). The molecule has 0 saturated carbocycles. The largest absolute Gasteiger partial charge is 0.497 e. The SMILES string of the molecule is CCc1cnc(Cn2ccnc2)nc1N1CCCCC1CC(=O)NCc1cc(OC)cc(OC)c1. The van der Waals surface area contributed by atoms with Crippen molar-refractivity contribution in [3.63, 3.8) is 0 Å². The van der Waals surface area contributed by atoms with Gasteiger partial charge in [0.05, 0.1) is 27.1 Å². The number of carbonyl (C=O) groups is 1. The first-order valence-electron chi connectivity index (χ1n) is 12.2. The summed E-state index contributed by atoms with van der Waals surface area (Å²) in [5, 5.41) is 3.07. The number of anilines is 1. The minimum Gasteiger partial charge on any atom is -0.497 e. The van der Waals surface area contributed by atoms with Gasteiger partial charge in [0.1, 0.15) is 23.1 Å². The van der Waals surface area contributed by atoms with Gasteiger partial charge in [-0.1, -0.05) is 6.92 Å². The third-order valence-electron chi connectivity index (χ3n) is 6.38. The number of benzene rings is 1. The molecule has 186 valence electrons. The van der Waals surface area contributed by atoms with Crippen LogP contribution in [0.2, 0.25) is 0 Å². The lowest BCUT2D eigenvalue weighted by molar-refractivity contribution is -0.121. The van der Waals surface area contributed by atoms with Crippen LogP contribution in [0.3, 0.4) is 0 Å². The molecule has 3 heterocycles. The zero-order valence-electron chi connectivity index (χ0n) is 20.7. The summed E-state index contributed by atoms with van der Waals surface area (Å²) in [6.45, 7) is 3.99. The number of hydrogen-bond donors (Lipinski definition) is 1. The number of aromatic nitrogens is 4. The number of piperidine rings is 1. The minimum atomic E-state index is 0.0226. The molecular formula is C26H34N6O3. The second-order valence-corrected chi connectivity index (χ2v) is 8.77. The van der Waals surface area contributed by atoms with Gasteiger partial charge >= 0.3 is 0 Å². The third-order valence-corrected chi connectivity index (χ3v) is 6.38. The van der Waals surface area contributed by atoms with Gasteiger partial charge in [-0.05, 0) is 43.4 Å². The smallest absolute Gasteiger partial charge is 0.222 e. The molecule has 1 aliphatic heterocycles. The molecule has 9 heteroatoms. The minimum absolute atomic E-state index is 0.0226. The predicted molar refractivity (Wildman–Crippen MR) is 134 cm³/mol. The van der Waals surface area contributed by atoms with E-state index in [1.807, 2.05) is 35.2 Å². The first-order chi connectivity index (χ1) is 17.1. The van der Waals surface area contributed by atoms with Crippen LogP contribution in [0.4, 0.5) is 5.82 Å². The molecule has 3 aromatic rings. The maximum Gasteiger partial charge on any atom is 0.222 e. The zero-order valence-corrected chi connectivity index (χ0v) is 20.7. The molecule has 1 amide bonds. The van der Waals surface area contributed by atoms with Crippen molar-refractivity contribution in [3.8, 4) is 11.5 Å². The number of imidazole rings is 1. The van der Waals surface area contributed by atoms with Crippen molar-refractivity contribution in [3.05, 3.63) is 60.1 Å². The molecule has 1 saturated heterocycles. The molecule has 2 aromatic heterocycles. The highest BCUT2D eigenvalue weighted by Crippen LogP contribution is 2.28. The van der Waals surface area contributed by atoms with Gasteiger partial charge in [0.25, 0.3) is 0 Å². The fourth-order valence-electron chi connectivity index (χ4n) is 4.50. The van der Waals surface area contributed by atoms with Crippen LogP contribution in [0.5, 0.6) is 11.5 Å². The van der Waals surface area contributed by atoms with Crippen LogP contribution in [0.1, 0.15) is 49.6 Å². The van der Waals surface area contributed by atoms with Gasteiger partial charge in [0.15, 0.2) is 0 Å². The van der Waals surface area contributed by atoms with E-state index < -0.39 is 0 Å². The van der Waals surface area contributed by atoms with Crippen LogP contribution in [0.25, 0.3) is 0 Å². The Morgan fingerprint density at radius 3 is 2.66 bits per heavy atom. The maximum atomic E-state index is 13.0. The van der Waals surface area contributed by atoms with Gasteiger partial charge in [-0.3, -0.25) is 4.79 Å². The van der Waals surface area contributed by atoms with Gasteiger partial charge in [0.2, 0.25) is 5.91 Å². The number of nitrogens with zero attached hydrogens (tertiary/aromatic N) is 5. The summed E-state index contributed by atoms with van der Waals surface area (Å²) in [6, 6.07) is 5.74. The molecule has 1 N–H and O–H groups in total. The Balaban J connectivity index is 1.45. The van der Waals surface area contributed by atoms with E-state index in [9.17, 15) is 4.79 Å². The number of rotatable bonds is 10. The molecule has 1 aromatic carbocycles. The summed E-state index contributed by atoms with van der Waals surface area (Å²) in [6.07, 6.45) is 11.8. The molecule has 1 unspecified atom stereocenters. The van der Waals surface area contributed by atoms with E-state index in [-0.39, 0.29) is 11.9 Å². The number of hydrogen-bond acceptors (Lipinski definition) is 7. The van der Waals surface area contributed by atoms with Crippen molar-refractivity contribution in [1.82, 2.24) is 24.8 Å². The van der Waals surface area contributed by atoms with E-state index in [0.717, 1.165) is 55.0 Å². The Hall–Kier alpha value is -3.62. The van der Waals surface area contributed by atoms with E-state index in [0.29, 0.717) is 31.0 Å². The van der Waals surface area contributed by atoms with Crippen LogP contribution >= 0.6 is 0 Å². The summed E-state index contributed by atoms with van der Waals surface area (Å²) in [4.78, 5) is 28.9. The first kappa shape index (κ1) is 24.5. The zero-order chi connectivity index (χ0) is 24.6. The van der Waals surface area contributed by atoms with Crippen LogP contribution < -0.4 is 19.7 Å². The van der Waals surface area contributed by atoms with E-state index in [2.05, 4.69) is 27.1 Å². The molecule has 1 atom stereocenters. The standard InChI is InChI=1S/C26H34N6O3/c1-4-20-16-28-24(17-31-10-8-27-18-31)30-26(20)32-9-6-5-7-21(32)13-25(33)29-15-19-11-22(34-2)14-23(12-19)35-3/h8,10-12,14,16,18,21H,4-7,9,13,15,17H2,1-3H3,(H,29,33). The van der Waals surface area contributed by atoms with Crippen LogP contribution in [0, 0.1) is 0 Å². The van der Waals surface area contributed by atoms with E-state index in [4.69, 9.17) is 14.5 Å².